The van der Waals surface area contributed by atoms with Gasteiger partial charge in [-0.1, -0.05) is 32.0 Å². The van der Waals surface area contributed by atoms with Crippen molar-refractivity contribution in [1.82, 2.24) is 10.2 Å². The smallest absolute Gasteiger partial charge is 0.221 e. The Balaban J connectivity index is 0.00000312. The first-order chi connectivity index (χ1) is 11.6. The van der Waals surface area contributed by atoms with Crippen LogP contribution in [0.4, 0.5) is 5.69 Å². The molecule has 1 saturated heterocycles. The molecule has 0 spiro atoms. The van der Waals surface area contributed by atoms with E-state index in [1.807, 2.05) is 6.07 Å². The van der Waals surface area contributed by atoms with Gasteiger partial charge in [-0.05, 0) is 24.5 Å². The van der Waals surface area contributed by atoms with E-state index in [2.05, 4.69) is 53.2 Å². The fourth-order valence-corrected chi connectivity index (χ4v) is 3.21. The largest absolute Gasteiger partial charge is 0.369 e. The second-order valence-electron chi connectivity index (χ2n) is 7.04. The Labute approximate surface area is 170 Å². The maximum Gasteiger partial charge on any atom is 0.221 e. The Morgan fingerprint density at radius 2 is 1.73 bits per heavy atom. The monoisotopic (exact) mass is 404 g/mol. The standard InChI is InChI=1S/C19H32N4O.2ClH/c1-16(2)14-17(15-20)21-19(24)8-9-22-10-12-23(13-11-22)18-6-4-3-5-7-18;;/h3-7,16-17H,8-15,20H2,1-2H3,(H,21,24);2*1H. The Hall–Kier alpha value is -1.01. The third kappa shape index (κ3) is 8.58. The van der Waals surface area contributed by atoms with Crippen molar-refractivity contribution in [2.45, 2.75) is 32.7 Å². The highest BCUT2D eigenvalue weighted by atomic mass is 35.5. The van der Waals surface area contributed by atoms with Gasteiger partial charge in [-0.3, -0.25) is 9.69 Å². The Kier molecular flexibility index (Phi) is 12.7. The van der Waals surface area contributed by atoms with Crippen molar-refractivity contribution in [3.8, 4) is 0 Å². The highest BCUT2D eigenvalue weighted by Crippen LogP contribution is 2.15. The van der Waals surface area contributed by atoms with Crippen LogP contribution in [0.5, 0.6) is 0 Å². The summed E-state index contributed by atoms with van der Waals surface area (Å²) in [5.74, 6) is 0.668. The van der Waals surface area contributed by atoms with E-state index in [0.717, 1.165) is 39.1 Å². The molecule has 7 heteroatoms. The number of hydrogen-bond donors (Lipinski definition) is 2. The molecule has 0 bridgehead atoms. The van der Waals surface area contributed by atoms with Crippen LogP contribution in [0.2, 0.25) is 0 Å². The van der Waals surface area contributed by atoms with Crippen LogP contribution in [0, 0.1) is 5.92 Å². The van der Waals surface area contributed by atoms with Crippen LogP contribution in [0.3, 0.4) is 0 Å². The van der Waals surface area contributed by atoms with E-state index in [-0.39, 0.29) is 36.8 Å². The Morgan fingerprint density at radius 1 is 1.12 bits per heavy atom. The molecule has 1 unspecified atom stereocenters. The number of carbonyl (C=O) groups is 1. The molecule has 1 amide bonds. The molecule has 3 N–H and O–H groups in total. The number of rotatable bonds is 8. The average molecular weight is 405 g/mol. The molecule has 5 nitrogen and oxygen atoms in total. The molecule has 1 aliphatic heterocycles. The van der Waals surface area contributed by atoms with Gasteiger partial charge in [0.05, 0.1) is 0 Å². The van der Waals surface area contributed by atoms with Gasteiger partial charge in [0.15, 0.2) is 0 Å². The van der Waals surface area contributed by atoms with Gasteiger partial charge >= 0.3 is 0 Å². The topological polar surface area (TPSA) is 61.6 Å². The fraction of sp³-hybridized carbons (Fsp3) is 0.632. The van der Waals surface area contributed by atoms with Gasteiger partial charge in [-0.15, -0.1) is 24.8 Å². The maximum absolute atomic E-state index is 12.1. The van der Waals surface area contributed by atoms with Gasteiger partial charge in [-0.25, -0.2) is 0 Å². The zero-order valence-corrected chi connectivity index (χ0v) is 17.5. The summed E-state index contributed by atoms with van der Waals surface area (Å²) in [6.07, 6.45) is 1.50. The van der Waals surface area contributed by atoms with Crippen LogP contribution < -0.4 is 16.0 Å². The zero-order chi connectivity index (χ0) is 17.4. The third-order valence-corrected chi connectivity index (χ3v) is 4.55. The number of para-hydroxylation sites is 1. The van der Waals surface area contributed by atoms with Gasteiger partial charge in [0.25, 0.3) is 0 Å². The normalized spacial score (nSPS) is 15.8. The van der Waals surface area contributed by atoms with E-state index in [1.54, 1.807) is 0 Å². The molecule has 150 valence electrons. The summed E-state index contributed by atoms with van der Waals surface area (Å²) in [6, 6.07) is 10.6. The summed E-state index contributed by atoms with van der Waals surface area (Å²) in [7, 11) is 0. The minimum Gasteiger partial charge on any atom is -0.369 e. The molecule has 0 aromatic heterocycles. The predicted molar refractivity (Wildman–Crippen MR) is 115 cm³/mol. The molecule has 2 rings (SSSR count). The highest BCUT2D eigenvalue weighted by Gasteiger charge is 2.18. The van der Waals surface area contributed by atoms with E-state index in [0.29, 0.717) is 18.9 Å². The summed E-state index contributed by atoms with van der Waals surface area (Å²) < 4.78 is 0. The van der Waals surface area contributed by atoms with Crippen LogP contribution in [0.25, 0.3) is 0 Å². The first-order valence-electron chi connectivity index (χ1n) is 9.10. The Morgan fingerprint density at radius 3 is 2.27 bits per heavy atom. The number of nitrogens with zero attached hydrogens (tertiary/aromatic N) is 2. The van der Waals surface area contributed by atoms with Crippen molar-refractivity contribution < 1.29 is 4.79 Å². The SMILES string of the molecule is CC(C)CC(CN)NC(=O)CCN1CCN(c2ccccc2)CC1.Cl.Cl. The van der Waals surface area contributed by atoms with E-state index in [1.165, 1.54) is 5.69 Å². The average Bonchev–Trinajstić information content (AvgIpc) is 2.60. The van der Waals surface area contributed by atoms with Gasteiger partial charge in [0.2, 0.25) is 5.91 Å². The van der Waals surface area contributed by atoms with Crippen LogP contribution >= 0.6 is 24.8 Å². The van der Waals surface area contributed by atoms with Crippen LogP contribution in [-0.4, -0.2) is 56.1 Å². The van der Waals surface area contributed by atoms with E-state index >= 15 is 0 Å². The van der Waals surface area contributed by atoms with Crippen molar-refractivity contribution in [3.63, 3.8) is 0 Å². The molecule has 0 saturated carbocycles. The van der Waals surface area contributed by atoms with Crippen molar-refractivity contribution in [2.75, 3.05) is 44.2 Å². The van der Waals surface area contributed by atoms with Gasteiger partial charge < -0.3 is 16.0 Å². The van der Waals surface area contributed by atoms with Crippen molar-refractivity contribution in [2.24, 2.45) is 11.7 Å². The molecule has 26 heavy (non-hydrogen) atoms. The van der Waals surface area contributed by atoms with Gasteiger partial charge in [0.1, 0.15) is 0 Å². The summed E-state index contributed by atoms with van der Waals surface area (Å²) in [5.41, 5.74) is 7.03. The summed E-state index contributed by atoms with van der Waals surface area (Å²) in [4.78, 5) is 16.9. The van der Waals surface area contributed by atoms with Crippen molar-refractivity contribution in [3.05, 3.63) is 30.3 Å². The molecule has 0 radical (unpaired) electrons. The Bertz CT molecular complexity index is 494. The van der Waals surface area contributed by atoms with Crippen LogP contribution in [0.1, 0.15) is 26.7 Å². The molecule has 1 aromatic carbocycles. The lowest BCUT2D eigenvalue weighted by Gasteiger charge is -2.36. The molecular formula is C19H34Cl2N4O. The maximum atomic E-state index is 12.1. The molecular weight excluding hydrogens is 371 g/mol. The summed E-state index contributed by atoms with van der Waals surface area (Å²) in [6.45, 7) is 9.70. The molecule has 1 heterocycles. The number of halogens is 2. The van der Waals surface area contributed by atoms with Gasteiger partial charge in [-0.2, -0.15) is 0 Å². The van der Waals surface area contributed by atoms with Crippen LogP contribution in [0.15, 0.2) is 30.3 Å². The fourth-order valence-electron chi connectivity index (χ4n) is 3.21. The second kappa shape index (κ2) is 13.2. The highest BCUT2D eigenvalue weighted by molar-refractivity contribution is 5.85. The van der Waals surface area contributed by atoms with E-state index < -0.39 is 0 Å². The lowest BCUT2D eigenvalue weighted by molar-refractivity contribution is -0.122. The van der Waals surface area contributed by atoms with Crippen molar-refractivity contribution >= 4 is 36.4 Å². The first kappa shape index (κ1) is 25.0. The lowest BCUT2D eigenvalue weighted by atomic mass is 10.0. The molecule has 1 aromatic rings. The quantitative estimate of drug-likeness (QED) is 0.698. The number of carbonyl (C=O) groups excluding carboxylic acids is 1. The predicted octanol–water partition coefficient (Wildman–Crippen LogP) is 2.53. The number of anilines is 1. The number of nitrogens with two attached hydrogens (primary N) is 1. The summed E-state index contributed by atoms with van der Waals surface area (Å²) >= 11 is 0. The van der Waals surface area contributed by atoms with E-state index in [4.69, 9.17) is 5.73 Å². The van der Waals surface area contributed by atoms with Crippen LogP contribution in [-0.2, 0) is 4.79 Å². The lowest BCUT2D eigenvalue weighted by Crippen LogP contribution is -2.48. The third-order valence-electron chi connectivity index (χ3n) is 4.55. The number of nitrogens with one attached hydrogen (secondary N) is 1. The zero-order valence-electron chi connectivity index (χ0n) is 15.9. The molecule has 0 aliphatic carbocycles. The second-order valence-corrected chi connectivity index (χ2v) is 7.04. The number of amides is 1. The number of benzene rings is 1. The van der Waals surface area contributed by atoms with Gasteiger partial charge in [0, 0.05) is 57.4 Å². The van der Waals surface area contributed by atoms with Crippen molar-refractivity contribution in [1.29, 1.82) is 0 Å². The molecule has 1 aliphatic rings. The number of piperazine rings is 1. The molecule has 1 fully saturated rings. The minimum absolute atomic E-state index is 0. The number of hydrogen-bond acceptors (Lipinski definition) is 4. The minimum atomic E-state index is 0. The molecule has 1 atom stereocenters. The first-order valence-corrected chi connectivity index (χ1v) is 9.10. The van der Waals surface area contributed by atoms with E-state index in [9.17, 15) is 4.79 Å². The summed E-state index contributed by atoms with van der Waals surface area (Å²) in [5, 5.41) is 3.07.